The third-order valence-electron chi connectivity index (χ3n) is 5.77. The standard InChI is InChI=1S/C11H18O4.C11H12O3.C8H12O3.C5H8O3/c1-3-11(12)15-9(2)7-13-8-10-5-4-6-14-10;1-2-11(12)14-9-8-13-10-6-4-3-5-7-10;1-2-8(9)11-6-7-4-3-5-10-7;1-2-5(7)8-4-3-6/h3,9-10H,1,4-8H2,2H3;2-7H,1,8-9H2;2,7H,1,3-6H2;2,6H,1,3-4H2. The van der Waals surface area contributed by atoms with Crippen LogP contribution in [0.3, 0.4) is 0 Å². The molecule has 48 heavy (non-hydrogen) atoms. The van der Waals surface area contributed by atoms with Crippen molar-refractivity contribution in [2.24, 2.45) is 0 Å². The maximum Gasteiger partial charge on any atom is 0.330 e. The molecule has 3 atom stereocenters. The second-order valence-electron chi connectivity index (χ2n) is 9.72. The highest BCUT2D eigenvalue weighted by molar-refractivity contribution is 5.82. The Hall–Kier alpha value is -4.30. The van der Waals surface area contributed by atoms with Crippen LogP contribution in [0.25, 0.3) is 0 Å². The molecular formula is C35H50O13. The normalized spacial score (nSPS) is 16.3. The van der Waals surface area contributed by atoms with E-state index in [1.165, 1.54) is 0 Å². The first-order valence-electron chi connectivity index (χ1n) is 15.5. The van der Waals surface area contributed by atoms with Gasteiger partial charge in [-0.25, -0.2) is 19.2 Å². The molecule has 0 amide bonds. The van der Waals surface area contributed by atoms with E-state index in [1.54, 1.807) is 6.92 Å². The van der Waals surface area contributed by atoms with Crippen molar-refractivity contribution >= 4 is 23.9 Å². The summed E-state index contributed by atoms with van der Waals surface area (Å²) < 4.78 is 40.1. The Labute approximate surface area is 283 Å². The van der Waals surface area contributed by atoms with Crippen LogP contribution in [0, 0.1) is 0 Å². The van der Waals surface area contributed by atoms with Gasteiger partial charge in [0.15, 0.2) is 0 Å². The van der Waals surface area contributed by atoms with Crippen LogP contribution in [0.15, 0.2) is 81.0 Å². The molecule has 0 bridgehead atoms. The smallest absolute Gasteiger partial charge is 0.330 e. The number of ether oxygens (including phenoxy) is 8. The zero-order valence-corrected chi connectivity index (χ0v) is 27.8. The Morgan fingerprint density at radius 3 is 1.79 bits per heavy atom. The van der Waals surface area contributed by atoms with Crippen molar-refractivity contribution in [1.82, 2.24) is 0 Å². The minimum Gasteiger partial charge on any atom is -0.490 e. The van der Waals surface area contributed by atoms with Crippen molar-refractivity contribution < 1.29 is 62.2 Å². The van der Waals surface area contributed by atoms with E-state index in [0.717, 1.165) is 69.0 Å². The maximum atomic E-state index is 10.8. The third kappa shape index (κ3) is 25.8. The molecule has 0 saturated carbocycles. The summed E-state index contributed by atoms with van der Waals surface area (Å²) in [5.74, 6) is -0.952. The van der Waals surface area contributed by atoms with Gasteiger partial charge < -0.3 is 43.0 Å². The molecule has 1 aromatic carbocycles. The predicted octanol–water partition coefficient (Wildman–Crippen LogP) is 3.70. The monoisotopic (exact) mass is 678 g/mol. The average Bonchev–Trinajstić information content (AvgIpc) is 3.84. The van der Waals surface area contributed by atoms with Crippen LogP contribution in [0.4, 0.5) is 0 Å². The van der Waals surface area contributed by atoms with Gasteiger partial charge in [-0.15, -0.1) is 0 Å². The summed E-state index contributed by atoms with van der Waals surface area (Å²) >= 11 is 0. The minimum absolute atomic E-state index is 0.0465. The summed E-state index contributed by atoms with van der Waals surface area (Å²) in [7, 11) is 0. The van der Waals surface area contributed by atoms with E-state index in [0.29, 0.717) is 26.4 Å². The lowest BCUT2D eigenvalue weighted by Crippen LogP contribution is -2.22. The van der Waals surface area contributed by atoms with Crippen molar-refractivity contribution in [2.75, 3.05) is 59.5 Å². The molecule has 2 fully saturated rings. The molecule has 2 aliphatic rings. The Morgan fingerprint density at radius 2 is 1.29 bits per heavy atom. The quantitative estimate of drug-likeness (QED) is 0.110. The summed E-state index contributed by atoms with van der Waals surface area (Å²) in [6.45, 7) is 18.3. The first-order valence-corrected chi connectivity index (χ1v) is 15.5. The SMILES string of the molecule is C=CC(=O)OC(C)COCC1CCCO1.C=CC(=O)OCC1CCCO1.C=CC(=O)OCCO.C=CC(=O)OCCOc1ccccc1. The lowest BCUT2D eigenvalue weighted by atomic mass is 10.2. The van der Waals surface area contributed by atoms with E-state index in [9.17, 15) is 19.2 Å². The van der Waals surface area contributed by atoms with Crippen molar-refractivity contribution in [3.8, 4) is 5.75 Å². The highest BCUT2D eigenvalue weighted by Crippen LogP contribution is 2.13. The van der Waals surface area contributed by atoms with Gasteiger partial charge in [-0.2, -0.15) is 0 Å². The molecule has 268 valence electrons. The van der Waals surface area contributed by atoms with E-state index >= 15 is 0 Å². The first kappa shape index (κ1) is 43.7. The van der Waals surface area contributed by atoms with Gasteiger partial charge in [0.2, 0.25) is 0 Å². The number of hydrogen-bond donors (Lipinski definition) is 1. The number of aliphatic hydroxyl groups is 1. The number of carbonyl (C=O) groups excluding carboxylic acids is 4. The van der Waals surface area contributed by atoms with E-state index in [2.05, 4.69) is 31.1 Å². The van der Waals surface area contributed by atoms with Gasteiger partial charge in [-0.1, -0.05) is 44.5 Å². The molecule has 3 rings (SSSR count). The van der Waals surface area contributed by atoms with Gasteiger partial charge in [0.25, 0.3) is 0 Å². The van der Waals surface area contributed by atoms with Crippen molar-refractivity contribution in [2.45, 2.75) is 50.9 Å². The molecule has 3 unspecified atom stereocenters. The van der Waals surface area contributed by atoms with E-state index in [1.807, 2.05) is 30.3 Å². The zero-order chi connectivity index (χ0) is 35.8. The maximum absolute atomic E-state index is 10.8. The molecule has 0 radical (unpaired) electrons. The summed E-state index contributed by atoms with van der Waals surface area (Å²) in [5.41, 5.74) is 0. The van der Waals surface area contributed by atoms with E-state index < -0.39 is 17.9 Å². The topological polar surface area (TPSA) is 162 Å². The number of hydrogen-bond acceptors (Lipinski definition) is 13. The van der Waals surface area contributed by atoms with E-state index in [4.69, 9.17) is 38.3 Å². The molecule has 1 N–H and O–H groups in total. The molecule has 0 aromatic heterocycles. The first-order chi connectivity index (χ1) is 23.2. The molecule has 2 saturated heterocycles. The summed E-state index contributed by atoms with van der Waals surface area (Å²) in [6.07, 6.45) is 8.79. The van der Waals surface area contributed by atoms with Gasteiger partial charge >= 0.3 is 23.9 Å². The molecule has 2 aliphatic heterocycles. The Balaban J connectivity index is 0.000000629. The number of aliphatic hydroxyl groups excluding tert-OH is 1. The third-order valence-corrected chi connectivity index (χ3v) is 5.77. The van der Waals surface area contributed by atoms with Gasteiger partial charge in [0, 0.05) is 37.5 Å². The van der Waals surface area contributed by atoms with Gasteiger partial charge in [0.1, 0.15) is 38.3 Å². The zero-order valence-electron chi connectivity index (χ0n) is 27.8. The summed E-state index contributed by atoms with van der Waals surface area (Å²) in [6, 6.07) is 9.35. The van der Waals surface area contributed by atoms with Gasteiger partial charge in [0.05, 0.1) is 32.0 Å². The van der Waals surface area contributed by atoms with E-state index in [-0.39, 0.29) is 44.1 Å². The van der Waals surface area contributed by atoms with Crippen LogP contribution < -0.4 is 4.74 Å². The predicted molar refractivity (Wildman–Crippen MR) is 177 cm³/mol. The van der Waals surface area contributed by atoms with Crippen LogP contribution in [0.2, 0.25) is 0 Å². The fourth-order valence-corrected chi connectivity index (χ4v) is 3.51. The van der Waals surface area contributed by atoms with Crippen LogP contribution in [-0.4, -0.2) is 107 Å². The number of benzene rings is 1. The van der Waals surface area contributed by atoms with Crippen molar-refractivity contribution in [1.29, 1.82) is 0 Å². The molecular weight excluding hydrogens is 628 g/mol. The highest BCUT2D eigenvalue weighted by atomic mass is 16.6. The Bertz CT molecular complexity index is 1060. The lowest BCUT2D eigenvalue weighted by Gasteiger charge is -2.14. The molecule has 13 nitrogen and oxygen atoms in total. The van der Waals surface area contributed by atoms with Crippen LogP contribution >= 0.6 is 0 Å². The fourth-order valence-electron chi connectivity index (χ4n) is 3.51. The molecule has 0 aliphatic carbocycles. The highest BCUT2D eigenvalue weighted by Gasteiger charge is 2.17. The van der Waals surface area contributed by atoms with Gasteiger partial charge in [-0.05, 0) is 44.7 Å². The minimum atomic E-state index is -0.501. The van der Waals surface area contributed by atoms with Crippen LogP contribution in [-0.2, 0) is 52.3 Å². The van der Waals surface area contributed by atoms with Crippen molar-refractivity contribution in [3.63, 3.8) is 0 Å². The average molecular weight is 679 g/mol. The largest absolute Gasteiger partial charge is 0.490 e. The summed E-state index contributed by atoms with van der Waals surface area (Å²) in [4.78, 5) is 42.1. The summed E-state index contributed by atoms with van der Waals surface area (Å²) in [5, 5.41) is 8.10. The van der Waals surface area contributed by atoms with Crippen molar-refractivity contribution in [3.05, 3.63) is 81.0 Å². The number of para-hydroxylation sites is 1. The van der Waals surface area contributed by atoms with Gasteiger partial charge in [-0.3, -0.25) is 0 Å². The Kier molecular flexibility index (Phi) is 27.4. The molecule has 0 spiro atoms. The number of carbonyl (C=O) groups is 4. The molecule has 2 heterocycles. The molecule has 13 heteroatoms. The second kappa shape index (κ2) is 30.1. The van der Waals surface area contributed by atoms with Crippen LogP contribution in [0.1, 0.15) is 32.6 Å². The fraction of sp³-hybridized carbons (Fsp3) is 0.486. The molecule has 1 aromatic rings. The van der Waals surface area contributed by atoms with Crippen LogP contribution in [0.5, 0.6) is 5.75 Å². The number of esters is 4. The lowest BCUT2D eigenvalue weighted by molar-refractivity contribution is -0.145. The number of rotatable bonds is 17. The second-order valence-corrected chi connectivity index (χ2v) is 9.72. The Morgan fingerprint density at radius 1 is 0.771 bits per heavy atom.